The van der Waals surface area contributed by atoms with Gasteiger partial charge in [-0.1, -0.05) is 12.1 Å². The smallest absolute Gasteiger partial charge is 0.329 e. The SMILES string of the molecule is CC1(C)Cc2cccc(OCC(=O)NC3(C(=O)O)CC3)c2O1. The van der Waals surface area contributed by atoms with E-state index in [-0.39, 0.29) is 12.2 Å². The molecule has 1 aliphatic heterocycles. The van der Waals surface area contributed by atoms with Crippen LogP contribution in [0.2, 0.25) is 0 Å². The molecule has 6 heteroatoms. The lowest BCUT2D eigenvalue weighted by atomic mass is 10.0. The van der Waals surface area contributed by atoms with Crippen molar-refractivity contribution in [1.82, 2.24) is 5.32 Å². The van der Waals surface area contributed by atoms with Crippen molar-refractivity contribution in [2.45, 2.75) is 44.2 Å². The molecule has 0 bridgehead atoms. The summed E-state index contributed by atoms with van der Waals surface area (Å²) in [7, 11) is 0. The molecule has 3 rings (SSSR count). The average Bonchev–Trinajstić information content (AvgIpc) is 3.12. The molecular formula is C16H19NO5. The number of carboxylic acid groups (broad SMARTS) is 1. The normalized spacial score (nSPS) is 19.7. The Morgan fingerprint density at radius 1 is 1.36 bits per heavy atom. The van der Waals surface area contributed by atoms with E-state index in [4.69, 9.17) is 14.6 Å². The van der Waals surface area contributed by atoms with Crippen LogP contribution in [0.1, 0.15) is 32.3 Å². The van der Waals surface area contributed by atoms with Crippen LogP contribution < -0.4 is 14.8 Å². The second-order valence-corrected chi connectivity index (χ2v) is 6.51. The van der Waals surface area contributed by atoms with Gasteiger partial charge in [0.15, 0.2) is 18.1 Å². The number of carboxylic acids is 1. The summed E-state index contributed by atoms with van der Waals surface area (Å²) in [6, 6.07) is 5.58. The van der Waals surface area contributed by atoms with Crippen molar-refractivity contribution >= 4 is 11.9 Å². The third-order valence-corrected chi connectivity index (χ3v) is 3.95. The maximum absolute atomic E-state index is 11.9. The molecule has 0 aromatic heterocycles. The third kappa shape index (κ3) is 2.73. The van der Waals surface area contributed by atoms with Crippen LogP contribution in [-0.4, -0.2) is 34.7 Å². The van der Waals surface area contributed by atoms with Crippen molar-refractivity contribution in [3.8, 4) is 11.5 Å². The lowest BCUT2D eigenvalue weighted by Gasteiger charge is -2.18. The van der Waals surface area contributed by atoms with E-state index in [9.17, 15) is 9.59 Å². The second kappa shape index (κ2) is 4.90. The number of benzene rings is 1. The zero-order chi connectivity index (χ0) is 16.0. The zero-order valence-electron chi connectivity index (χ0n) is 12.6. The summed E-state index contributed by atoms with van der Waals surface area (Å²) in [6.07, 6.45) is 1.71. The molecule has 1 amide bonds. The Kier molecular flexibility index (Phi) is 3.27. The predicted octanol–water partition coefficient (Wildman–Crippen LogP) is 1.51. The summed E-state index contributed by atoms with van der Waals surface area (Å²) in [5.74, 6) is -0.251. The summed E-state index contributed by atoms with van der Waals surface area (Å²) in [5, 5.41) is 11.6. The molecule has 1 saturated carbocycles. The summed E-state index contributed by atoms with van der Waals surface area (Å²) in [4.78, 5) is 22.9. The molecule has 0 saturated heterocycles. The molecule has 1 fully saturated rings. The number of amides is 1. The van der Waals surface area contributed by atoms with Crippen molar-refractivity contribution in [1.29, 1.82) is 0 Å². The number of carbonyl (C=O) groups excluding carboxylic acids is 1. The van der Waals surface area contributed by atoms with Crippen molar-refractivity contribution in [2.24, 2.45) is 0 Å². The topological polar surface area (TPSA) is 84.9 Å². The highest BCUT2D eigenvalue weighted by Gasteiger charge is 2.51. The summed E-state index contributed by atoms with van der Waals surface area (Å²) >= 11 is 0. The summed E-state index contributed by atoms with van der Waals surface area (Å²) in [5.41, 5.74) is -0.324. The average molecular weight is 305 g/mol. The van der Waals surface area contributed by atoms with Crippen LogP contribution in [0.15, 0.2) is 18.2 Å². The monoisotopic (exact) mass is 305 g/mol. The largest absolute Gasteiger partial charge is 0.483 e. The Hall–Kier alpha value is -2.24. The number of carbonyl (C=O) groups is 2. The fourth-order valence-electron chi connectivity index (χ4n) is 2.66. The highest BCUT2D eigenvalue weighted by Crippen LogP contribution is 2.41. The van der Waals surface area contributed by atoms with Crippen LogP contribution in [-0.2, 0) is 16.0 Å². The van der Waals surface area contributed by atoms with Gasteiger partial charge in [0.2, 0.25) is 0 Å². The van der Waals surface area contributed by atoms with Crippen LogP contribution in [0.5, 0.6) is 11.5 Å². The third-order valence-electron chi connectivity index (χ3n) is 3.95. The standard InChI is InChI=1S/C16H19NO5/c1-15(2)8-10-4-3-5-11(13(10)22-15)21-9-12(18)17-16(6-7-16)14(19)20/h3-5H,6-9H2,1-2H3,(H,17,18)(H,19,20). The van der Waals surface area contributed by atoms with Crippen LogP contribution in [0.3, 0.4) is 0 Å². The van der Waals surface area contributed by atoms with E-state index in [1.807, 2.05) is 26.0 Å². The molecule has 2 N–H and O–H groups in total. The van der Waals surface area contributed by atoms with E-state index in [0.29, 0.717) is 24.3 Å². The van der Waals surface area contributed by atoms with Crippen molar-refractivity contribution in [3.63, 3.8) is 0 Å². The molecule has 6 nitrogen and oxygen atoms in total. The highest BCUT2D eigenvalue weighted by atomic mass is 16.5. The molecule has 0 radical (unpaired) electrons. The number of aliphatic carboxylic acids is 1. The molecular weight excluding hydrogens is 286 g/mol. The maximum Gasteiger partial charge on any atom is 0.329 e. The van der Waals surface area contributed by atoms with Gasteiger partial charge in [-0.3, -0.25) is 4.79 Å². The van der Waals surface area contributed by atoms with Gasteiger partial charge in [0.25, 0.3) is 5.91 Å². The van der Waals surface area contributed by atoms with Gasteiger partial charge < -0.3 is 19.9 Å². The first-order valence-corrected chi connectivity index (χ1v) is 7.29. The number of fused-ring (bicyclic) bond motifs is 1. The van der Waals surface area contributed by atoms with E-state index >= 15 is 0 Å². The van der Waals surface area contributed by atoms with Gasteiger partial charge in [0, 0.05) is 12.0 Å². The van der Waals surface area contributed by atoms with Gasteiger partial charge in [-0.15, -0.1) is 0 Å². The van der Waals surface area contributed by atoms with Crippen LogP contribution >= 0.6 is 0 Å². The Balaban J connectivity index is 1.63. The molecule has 0 unspecified atom stereocenters. The number of ether oxygens (including phenoxy) is 2. The van der Waals surface area contributed by atoms with Crippen molar-refractivity contribution in [2.75, 3.05) is 6.61 Å². The Morgan fingerprint density at radius 2 is 2.09 bits per heavy atom. The van der Waals surface area contributed by atoms with Gasteiger partial charge in [0.05, 0.1) is 0 Å². The van der Waals surface area contributed by atoms with Crippen LogP contribution in [0, 0.1) is 0 Å². The molecule has 1 aromatic rings. The van der Waals surface area contributed by atoms with Crippen molar-refractivity contribution in [3.05, 3.63) is 23.8 Å². The second-order valence-electron chi connectivity index (χ2n) is 6.51. The summed E-state index contributed by atoms with van der Waals surface area (Å²) < 4.78 is 11.4. The predicted molar refractivity (Wildman–Crippen MR) is 78.1 cm³/mol. The van der Waals surface area contributed by atoms with Crippen molar-refractivity contribution < 1.29 is 24.2 Å². The number of rotatable bonds is 5. The first-order chi connectivity index (χ1) is 10.3. The van der Waals surface area contributed by atoms with Gasteiger partial charge in [-0.2, -0.15) is 0 Å². The van der Waals surface area contributed by atoms with Gasteiger partial charge in [-0.25, -0.2) is 4.79 Å². The molecule has 0 atom stereocenters. The zero-order valence-corrected chi connectivity index (χ0v) is 12.6. The van der Waals surface area contributed by atoms with Crippen LogP contribution in [0.25, 0.3) is 0 Å². The van der Waals surface area contributed by atoms with Gasteiger partial charge in [0.1, 0.15) is 11.1 Å². The maximum atomic E-state index is 11.9. The number of nitrogens with one attached hydrogen (secondary N) is 1. The highest BCUT2D eigenvalue weighted by molar-refractivity contribution is 5.90. The minimum absolute atomic E-state index is 0.227. The van der Waals surface area contributed by atoms with E-state index < -0.39 is 17.4 Å². The molecule has 118 valence electrons. The minimum Gasteiger partial charge on any atom is -0.483 e. The Morgan fingerprint density at radius 3 is 2.73 bits per heavy atom. The van der Waals surface area contributed by atoms with Gasteiger partial charge >= 0.3 is 5.97 Å². The molecule has 2 aliphatic rings. The molecule has 1 heterocycles. The minimum atomic E-state index is -1.09. The van der Waals surface area contributed by atoms with E-state index in [2.05, 4.69) is 5.32 Å². The lowest BCUT2D eigenvalue weighted by Crippen LogP contribution is -2.45. The fourth-order valence-corrected chi connectivity index (χ4v) is 2.66. The summed E-state index contributed by atoms with van der Waals surface area (Å²) in [6.45, 7) is 3.76. The van der Waals surface area contributed by atoms with E-state index in [1.165, 1.54) is 0 Å². The quantitative estimate of drug-likeness (QED) is 0.861. The first kappa shape index (κ1) is 14.7. The fraction of sp³-hybridized carbons (Fsp3) is 0.500. The first-order valence-electron chi connectivity index (χ1n) is 7.29. The van der Waals surface area contributed by atoms with E-state index in [1.54, 1.807) is 6.07 Å². The number of para-hydroxylation sites is 1. The van der Waals surface area contributed by atoms with Gasteiger partial charge in [-0.05, 0) is 32.8 Å². The Labute approximate surface area is 128 Å². The number of hydrogen-bond acceptors (Lipinski definition) is 4. The molecule has 22 heavy (non-hydrogen) atoms. The number of hydrogen-bond donors (Lipinski definition) is 2. The lowest BCUT2D eigenvalue weighted by molar-refractivity contribution is -0.143. The molecule has 1 aromatic carbocycles. The van der Waals surface area contributed by atoms with Crippen LogP contribution in [0.4, 0.5) is 0 Å². The molecule has 1 aliphatic carbocycles. The van der Waals surface area contributed by atoms with E-state index in [0.717, 1.165) is 12.0 Å². The molecule has 0 spiro atoms. The Bertz CT molecular complexity index is 633.